The third-order valence-electron chi connectivity index (χ3n) is 3.75. The standard InChI is InChI=1S/C14H17BrClNO2/c15-7-10-2-1-3-11(10)8-17-14(19)9-4-5-13(18)12(16)6-9/h4-6,10-11,18H,1-3,7-8H2,(H,17,19). The van der Waals surface area contributed by atoms with Crippen molar-refractivity contribution >= 4 is 33.4 Å². The molecule has 0 bridgehead atoms. The van der Waals surface area contributed by atoms with Crippen molar-refractivity contribution < 1.29 is 9.90 Å². The summed E-state index contributed by atoms with van der Waals surface area (Å²) in [7, 11) is 0. The van der Waals surface area contributed by atoms with Gasteiger partial charge < -0.3 is 10.4 Å². The molecule has 1 fully saturated rings. The Hall–Kier alpha value is -0.740. The first-order chi connectivity index (χ1) is 9.11. The predicted octanol–water partition coefficient (Wildman–Crippen LogP) is 3.59. The van der Waals surface area contributed by atoms with Gasteiger partial charge in [0.2, 0.25) is 0 Å². The molecule has 2 N–H and O–H groups in total. The summed E-state index contributed by atoms with van der Waals surface area (Å²) in [5.41, 5.74) is 0.483. The second kappa shape index (κ2) is 6.62. The fourth-order valence-electron chi connectivity index (χ4n) is 2.56. The zero-order valence-corrected chi connectivity index (χ0v) is 12.9. The molecule has 0 aromatic heterocycles. The first kappa shape index (κ1) is 14.7. The van der Waals surface area contributed by atoms with E-state index in [0.717, 1.165) is 5.33 Å². The summed E-state index contributed by atoms with van der Waals surface area (Å²) in [5.74, 6) is 1.06. The van der Waals surface area contributed by atoms with E-state index in [2.05, 4.69) is 21.2 Å². The van der Waals surface area contributed by atoms with Crippen LogP contribution in [0.4, 0.5) is 0 Å². The van der Waals surface area contributed by atoms with E-state index in [1.54, 1.807) is 6.07 Å². The van der Waals surface area contributed by atoms with Crippen LogP contribution in [0.1, 0.15) is 29.6 Å². The Kier molecular flexibility index (Phi) is 5.11. The number of benzene rings is 1. The number of carbonyl (C=O) groups is 1. The summed E-state index contributed by atoms with van der Waals surface area (Å²) >= 11 is 9.32. The van der Waals surface area contributed by atoms with Gasteiger partial charge in [-0.1, -0.05) is 34.0 Å². The van der Waals surface area contributed by atoms with Gasteiger partial charge in [-0.2, -0.15) is 0 Å². The van der Waals surface area contributed by atoms with Crippen LogP contribution in [0.15, 0.2) is 18.2 Å². The van der Waals surface area contributed by atoms with Crippen molar-refractivity contribution in [1.29, 1.82) is 0 Å². The van der Waals surface area contributed by atoms with Gasteiger partial charge in [-0.25, -0.2) is 0 Å². The topological polar surface area (TPSA) is 49.3 Å². The highest BCUT2D eigenvalue weighted by Crippen LogP contribution is 2.32. The lowest BCUT2D eigenvalue weighted by Gasteiger charge is -2.17. The Labute approximate surface area is 126 Å². The van der Waals surface area contributed by atoms with Crippen LogP contribution >= 0.6 is 27.5 Å². The average molecular weight is 347 g/mol. The van der Waals surface area contributed by atoms with Gasteiger partial charge in [0.1, 0.15) is 5.75 Å². The maximum atomic E-state index is 12.0. The van der Waals surface area contributed by atoms with Crippen molar-refractivity contribution in [2.45, 2.75) is 19.3 Å². The molecule has 2 rings (SSSR count). The Morgan fingerprint density at radius 3 is 2.84 bits per heavy atom. The third-order valence-corrected chi connectivity index (χ3v) is 4.88. The van der Waals surface area contributed by atoms with E-state index in [9.17, 15) is 9.90 Å². The number of amides is 1. The highest BCUT2D eigenvalue weighted by Gasteiger charge is 2.26. The Bertz CT molecular complexity index is 467. The number of rotatable bonds is 4. The molecular formula is C14H17BrClNO2. The molecule has 1 amide bonds. The van der Waals surface area contributed by atoms with Gasteiger partial charge in [0.15, 0.2) is 0 Å². The summed E-state index contributed by atoms with van der Waals surface area (Å²) in [6, 6.07) is 4.50. The molecular weight excluding hydrogens is 330 g/mol. The maximum absolute atomic E-state index is 12.0. The minimum Gasteiger partial charge on any atom is -0.506 e. The number of halogens is 2. The number of alkyl halides is 1. The summed E-state index contributed by atoms with van der Waals surface area (Å²) in [6.07, 6.45) is 3.64. The monoisotopic (exact) mass is 345 g/mol. The summed E-state index contributed by atoms with van der Waals surface area (Å²) in [4.78, 5) is 12.0. The molecule has 1 aliphatic rings. The number of hydrogen-bond acceptors (Lipinski definition) is 2. The number of hydrogen-bond donors (Lipinski definition) is 2. The number of nitrogens with one attached hydrogen (secondary N) is 1. The SMILES string of the molecule is O=C(NCC1CCCC1CBr)c1ccc(O)c(Cl)c1. The van der Waals surface area contributed by atoms with E-state index in [1.807, 2.05) is 0 Å². The fourth-order valence-corrected chi connectivity index (χ4v) is 3.59. The molecule has 0 heterocycles. The van der Waals surface area contributed by atoms with Crippen molar-refractivity contribution in [3.63, 3.8) is 0 Å². The molecule has 0 saturated heterocycles. The van der Waals surface area contributed by atoms with E-state index in [4.69, 9.17) is 11.6 Å². The van der Waals surface area contributed by atoms with E-state index < -0.39 is 0 Å². The second-order valence-corrected chi connectivity index (χ2v) is 6.04. The highest BCUT2D eigenvalue weighted by atomic mass is 79.9. The Balaban J connectivity index is 1.92. The molecule has 2 unspecified atom stereocenters. The average Bonchev–Trinajstić information content (AvgIpc) is 2.86. The summed E-state index contributed by atoms with van der Waals surface area (Å²) in [5, 5.41) is 13.5. The van der Waals surface area contributed by atoms with Crippen LogP contribution < -0.4 is 5.32 Å². The van der Waals surface area contributed by atoms with Gasteiger partial charge in [0, 0.05) is 17.4 Å². The summed E-state index contributed by atoms with van der Waals surface area (Å²) in [6.45, 7) is 0.702. The molecule has 1 aromatic rings. The number of carbonyl (C=O) groups excluding carboxylic acids is 1. The minimum atomic E-state index is -0.137. The van der Waals surface area contributed by atoms with Crippen LogP contribution in [0.3, 0.4) is 0 Å². The zero-order chi connectivity index (χ0) is 13.8. The molecule has 1 saturated carbocycles. The number of phenolic OH excluding ortho intramolecular Hbond substituents is 1. The molecule has 0 radical (unpaired) electrons. The van der Waals surface area contributed by atoms with Crippen LogP contribution in [0.25, 0.3) is 0 Å². The second-order valence-electron chi connectivity index (χ2n) is 4.98. The van der Waals surface area contributed by atoms with Crippen molar-refractivity contribution in [2.24, 2.45) is 11.8 Å². The lowest BCUT2D eigenvalue weighted by Crippen LogP contribution is -2.31. The van der Waals surface area contributed by atoms with Gasteiger partial charge in [0.05, 0.1) is 5.02 Å². The fraction of sp³-hybridized carbons (Fsp3) is 0.500. The maximum Gasteiger partial charge on any atom is 0.251 e. The first-order valence-electron chi connectivity index (χ1n) is 6.44. The van der Waals surface area contributed by atoms with Gasteiger partial charge in [0.25, 0.3) is 5.91 Å². The smallest absolute Gasteiger partial charge is 0.251 e. The summed E-state index contributed by atoms with van der Waals surface area (Å²) < 4.78 is 0. The van der Waals surface area contributed by atoms with Gasteiger partial charge >= 0.3 is 0 Å². The normalized spacial score (nSPS) is 22.4. The minimum absolute atomic E-state index is 0.00615. The van der Waals surface area contributed by atoms with Crippen molar-refractivity contribution in [1.82, 2.24) is 5.32 Å². The molecule has 1 aromatic carbocycles. The molecule has 104 valence electrons. The van der Waals surface area contributed by atoms with Gasteiger partial charge in [-0.15, -0.1) is 0 Å². The Morgan fingerprint density at radius 1 is 1.42 bits per heavy atom. The molecule has 0 spiro atoms. The first-order valence-corrected chi connectivity index (χ1v) is 7.94. The lowest BCUT2D eigenvalue weighted by molar-refractivity contribution is 0.0945. The van der Waals surface area contributed by atoms with Crippen molar-refractivity contribution in [2.75, 3.05) is 11.9 Å². The van der Waals surface area contributed by atoms with Crippen LogP contribution in [-0.2, 0) is 0 Å². The number of aromatic hydroxyl groups is 1. The lowest BCUT2D eigenvalue weighted by atomic mass is 9.98. The van der Waals surface area contributed by atoms with E-state index in [-0.39, 0.29) is 16.7 Å². The highest BCUT2D eigenvalue weighted by molar-refractivity contribution is 9.09. The van der Waals surface area contributed by atoms with E-state index in [1.165, 1.54) is 31.4 Å². The largest absolute Gasteiger partial charge is 0.506 e. The zero-order valence-electron chi connectivity index (χ0n) is 10.5. The van der Waals surface area contributed by atoms with E-state index >= 15 is 0 Å². The quantitative estimate of drug-likeness (QED) is 0.819. The predicted molar refractivity (Wildman–Crippen MR) is 80.1 cm³/mol. The Morgan fingerprint density at radius 2 is 2.16 bits per heavy atom. The molecule has 3 nitrogen and oxygen atoms in total. The van der Waals surface area contributed by atoms with Crippen LogP contribution in [0.2, 0.25) is 5.02 Å². The van der Waals surface area contributed by atoms with Crippen molar-refractivity contribution in [3.8, 4) is 5.75 Å². The molecule has 0 aliphatic heterocycles. The molecule has 19 heavy (non-hydrogen) atoms. The van der Waals surface area contributed by atoms with Crippen LogP contribution in [0.5, 0.6) is 5.75 Å². The van der Waals surface area contributed by atoms with Crippen LogP contribution in [0, 0.1) is 11.8 Å². The van der Waals surface area contributed by atoms with Gasteiger partial charge in [-0.05, 0) is 42.9 Å². The van der Waals surface area contributed by atoms with Crippen molar-refractivity contribution in [3.05, 3.63) is 28.8 Å². The number of phenols is 1. The third kappa shape index (κ3) is 3.63. The van der Waals surface area contributed by atoms with Gasteiger partial charge in [-0.3, -0.25) is 4.79 Å². The molecule has 2 atom stereocenters. The molecule has 5 heteroatoms. The van der Waals surface area contributed by atoms with E-state index in [0.29, 0.717) is 23.9 Å². The molecule has 1 aliphatic carbocycles. The van der Waals surface area contributed by atoms with Crippen LogP contribution in [-0.4, -0.2) is 22.9 Å².